The van der Waals surface area contributed by atoms with Crippen molar-refractivity contribution in [3.05, 3.63) is 29.6 Å². The smallest absolute Gasteiger partial charge is 0.151 e. The maximum absolute atomic E-state index is 13.5. The molecule has 0 amide bonds. The van der Waals surface area contributed by atoms with Crippen molar-refractivity contribution in [2.45, 2.75) is 49.4 Å². The maximum Gasteiger partial charge on any atom is 0.151 e. The normalized spacial score (nSPS) is 28.7. The summed E-state index contributed by atoms with van der Waals surface area (Å²) in [6.45, 7) is 0.562. The van der Waals surface area contributed by atoms with Gasteiger partial charge in [-0.05, 0) is 31.0 Å². The highest BCUT2D eigenvalue weighted by Crippen LogP contribution is 2.34. The lowest BCUT2D eigenvalue weighted by Crippen LogP contribution is -2.48. The second kappa shape index (κ2) is 6.16. The van der Waals surface area contributed by atoms with E-state index in [1.807, 2.05) is 0 Å². The van der Waals surface area contributed by atoms with Crippen molar-refractivity contribution in [2.75, 3.05) is 12.9 Å². The monoisotopic (exact) mass is 327 g/mol. The summed E-state index contributed by atoms with van der Waals surface area (Å²) in [4.78, 5) is 0. The minimum Gasteiger partial charge on any atom is -0.493 e. The SMILES string of the molecule is CS(=O)(=O)[C@@H]1CCCC[C@@H]1N[C@H]1CCOc2ccc(F)cc21. The van der Waals surface area contributed by atoms with Crippen molar-refractivity contribution in [1.29, 1.82) is 0 Å². The molecule has 0 spiro atoms. The van der Waals surface area contributed by atoms with E-state index in [4.69, 9.17) is 4.74 Å². The molecule has 0 saturated heterocycles. The molecule has 122 valence electrons. The molecule has 22 heavy (non-hydrogen) atoms. The van der Waals surface area contributed by atoms with Gasteiger partial charge in [0.25, 0.3) is 0 Å². The minimum absolute atomic E-state index is 0.0493. The van der Waals surface area contributed by atoms with Gasteiger partial charge in [0.2, 0.25) is 0 Å². The summed E-state index contributed by atoms with van der Waals surface area (Å²) in [6.07, 6.45) is 5.58. The largest absolute Gasteiger partial charge is 0.493 e. The van der Waals surface area contributed by atoms with Gasteiger partial charge in [-0.2, -0.15) is 0 Å². The molecule has 1 saturated carbocycles. The van der Waals surface area contributed by atoms with Gasteiger partial charge in [-0.1, -0.05) is 12.8 Å². The fraction of sp³-hybridized carbons (Fsp3) is 0.625. The van der Waals surface area contributed by atoms with Crippen molar-refractivity contribution in [1.82, 2.24) is 5.32 Å². The summed E-state index contributed by atoms with van der Waals surface area (Å²) >= 11 is 0. The van der Waals surface area contributed by atoms with Gasteiger partial charge in [-0.3, -0.25) is 0 Å². The highest BCUT2D eigenvalue weighted by atomic mass is 32.2. The van der Waals surface area contributed by atoms with E-state index in [0.717, 1.165) is 31.2 Å². The van der Waals surface area contributed by atoms with Gasteiger partial charge < -0.3 is 10.1 Å². The lowest BCUT2D eigenvalue weighted by atomic mass is 9.92. The molecule has 1 aromatic carbocycles. The van der Waals surface area contributed by atoms with Crippen molar-refractivity contribution in [3.8, 4) is 5.75 Å². The average molecular weight is 327 g/mol. The van der Waals surface area contributed by atoms with Crippen LogP contribution in [0.4, 0.5) is 4.39 Å². The van der Waals surface area contributed by atoms with Crippen molar-refractivity contribution in [3.63, 3.8) is 0 Å². The molecule has 1 aliphatic heterocycles. The van der Waals surface area contributed by atoms with Gasteiger partial charge >= 0.3 is 0 Å². The predicted molar refractivity (Wildman–Crippen MR) is 83.3 cm³/mol. The number of fused-ring (bicyclic) bond motifs is 1. The first-order valence-corrected chi connectivity index (χ1v) is 9.78. The number of sulfone groups is 1. The number of rotatable bonds is 3. The van der Waals surface area contributed by atoms with Crippen LogP contribution in [0, 0.1) is 5.82 Å². The summed E-state index contributed by atoms with van der Waals surface area (Å²) < 4.78 is 43.1. The van der Waals surface area contributed by atoms with Crippen LogP contribution in [0.5, 0.6) is 5.75 Å². The van der Waals surface area contributed by atoms with Crippen molar-refractivity contribution in [2.24, 2.45) is 0 Å². The Balaban J connectivity index is 1.82. The average Bonchev–Trinajstić information content (AvgIpc) is 2.47. The van der Waals surface area contributed by atoms with Crippen LogP contribution in [0.1, 0.15) is 43.7 Å². The molecule has 2 aliphatic rings. The van der Waals surface area contributed by atoms with Gasteiger partial charge in [-0.25, -0.2) is 12.8 Å². The Morgan fingerprint density at radius 2 is 2.00 bits per heavy atom. The van der Waals surface area contributed by atoms with E-state index in [9.17, 15) is 12.8 Å². The van der Waals surface area contributed by atoms with Crippen LogP contribution in [-0.4, -0.2) is 32.6 Å². The van der Waals surface area contributed by atoms with E-state index in [-0.39, 0.29) is 23.2 Å². The molecule has 3 atom stereocenters. The molecule has 4 nitrogen and oxygen atoms in total. The molecular formula is C16H22FNO3S. The van der Waals surface area contributed by atoms with E-state index in [2.05, 4.69) is 5.32 Å². The Bertz CT molecular complexity index is 647. The molecule has 1 aliphatic carbocycles. The van der Waals surface area contributed by atoms with E-state index in [1.165, 1.54) is 18.4 Å². The van der Waals surface area contributed by atoms with E-state index < -0.39 is 9.84 Å². The molecule has 1 heterocycles. The van der Waals surface area contributed by atoms with E-state index in [0.29, 0.717) is 18.8 Å². The Labute approximate surface area is 131 Å². The highest BCUT2D eigenvalue weighted by Gasteiger charge is 2.35. The molecule has 0 bridgehead atoms. The van der Waals surface area contributed by atoms with Gasteiger partial charge in [0.1, 0.15) is 11.6 Å². The zero-order valence-electron chi connectivity index (χ0n) is 12.7. The lowest BCUT2D eigenvalue weighted by Gasteiger charge is -2.36. The second-order valence-corrected chi connectivity index (χ2v) is 8.56. The van der Waals surface area contributed by atoms with Gasteiger partial charge in [0, 0.05) is 30.3 Å². The third-order valence-corrected chi connectivity index (χ3v) is 6.34. The topological polar surface area (TPSA) is 55.4 Å². The van der Waals surface area contributed by atoms with Crippen LogP contribution in [0.25, 0.3) is 0 Å². The molecule has 1 fully saturated rings. The Kier molecular flexibility index (Phi) is 4.41. The first-order chi connectivity index (χ1) is 10.4. The number of halogens is 1. The van der Waals surface area contributed by atoms with Crippen LogP contribution in [0.3, 0.4) is 0 Å². The maximum atomic E-state index is 13.5. The minimum atomic E-state index is -3.08. The van der Waals surface area contributed by atoms with Crippen LogP contribution < -0.4 is 10.1 Å². The molecular weight excluding hydrogens is 305 g/mol. The molecule has 1 aromatic rings. The summed E-state index contributed by atoms with van der Waals surface area (Å²) in [5.74, 6) is 0.399. The van der Waals surface area contributed by atoms with E-state index in [1.54, 1.807) is 6.07 Å². The van der Waals surface area contributed by atoms with Crippen molar-refractivity contribution < 1.29 is 17.5 Å². The summed E-state index contributed by atoms with van der Waals surface area (Å²) in [5.41, 5.74) is 0.795. The summed E-state index contributed by atoms with van der Waals surface area (Å²) in [5, 5.41) is 3.13. The summed E-state index contributed by atoms with van der Waals surface area (Å²) in [6, 6.07) is 4.41. The number of hydrogen-bond acceptors (Lipinski definition) is 4. The quantitative estimate of drug-likeness (QED) is 0.927. The first kappa shape index (κ1) is 15.7. The zero-order chi connectivity index (χ0) is 15.7. The van der Waals surface area contributed by atoms with E-state index >= 15 is 0 Å². The van der Waals surface area contributed by atoms with Crippen LogP contribution in [-0.2, 0) is 9.84 Å². The number of ether oxygens (including phenoxy) is 1. The summed E-state index contributed by atoms with van der Waals surface area (Å²) in [7, 11) is -3.08. The highest BCUT2D eigenvalue weighted by molar-refractivity contribution is 7.91. The van der Waals surface area contributed by atoms with Gasteiger partial charge in [-0.15, -0.1) is 0 Å². The van der Waals surface area contributed by atoms with Gasteiger partial charge in [0.15, 0.2) is 9.84 Å². The number of hydrogen-bond donors (Lipinski definition) is 1. The first-order valence-electron chi connectivity index (χ1n) is 7.82. The fourth-order valence-electron chi connectivity index (χ4n) is 3.60. The zero-order valence-corrected chi connectivity index (χ0v) is 13.5. The van der Waals surface area contributed by atoms with Crippen molar-refractivity contribution >= 4 is 9.84 Å². The molecule has 3 rings (SSSR count). The predicted octanol–water partition coefficient (Wildman–Crippen LogP) is 2.59. The molecule has 0 radical (unpaired) electrons. The lowest BCUT2D eigenvalue weighted by molar-refractivity contribution is 0.232. The number of nitrogens with one attached hydrogen (secondary N) is 1. The molecule has 1 N–H and O–H groups in total. The molecule has 0 unspecified atom stereocenters. The van der Waals surface area contributed by atoms with Crippen LogP contribution >= 0.6 is 0 Å². The van der Waals surface area contributed by atoms with Crippen LogP contribution in [0.2, 0.25) is 0 Å². The standard InChI is InChI=1S/C16H22FNO3S/c1-22(19,20)16-5-3-2-4-14(16)18-13-8-9-21-15-7-6-11(17)10-12(13)15/h6-7,10,13-14,16,18H,2-5,8-9H2,1H3/t13-,14-,16+/m0/s1. The third kappa shape index (κ3) is 3.27. The second-order valence-electron chi connectivity index (χ2n) is 6.30. The third-order valence-electron chi connectivity index (χ3n) is 4.68. The molecule has 0 aromatic heterocycles. The van der Waals surface area contributed by atoms with Gasteiger partial charge in [0.05, 0.1) is 11.9 Å². The Hall–Kier alpha value is -1.14. The number of benzene rings is 1. The Morgan fingerprint density at radius 3 is 2.77 bits per heavy atom. The molecule has 6 heteroatoms. The van der Waals surface area contributed by atoms with Crippen LogP contribution in [0.15, 0.2) is 18.2 Å². The Morgan fingerprint density at radius 1 is 1.23 bits per heavy atom. The fourth-order valence-corrected chi connectivity index (χ4v) is 5.00.